The van der Waals surface area contributed by atoms with Crippen LogP contribution in [0, 0.1) is 38.2 Å². The Morgan fingerprint density at radius 1 is 0.469 bits per heavy atom. The molecule has 0 spiro atoms. The van der Waals surface area contributed by atoms with Crippen molar-refractivity contribution < 1.29 is 41.8 Å². The Kier molecular flexibility index (Phi) is 21.1. The Morgan fingerprint density at radius 3 is 0.963 bits per heavy atom. The molecule has 3 aromatic heterocycles. The molecule has 6 heterocycles. The number of rotatable bonds is 9. The molecule has 6 aromatic rings. The fourth-order valence-corrected chi connectivity index (χ4v) is 10.2. The Balaban J connectivity index is 0.000000175. The van der Waals surface area contributed by atoms with Crippen LogP contribution in [0.2, 0.25) is 15.1 Å². The predicted octanol–water partition coefficient (Wildman–Crippen LogP) is 9.26. The van der Waals surface area contributed by atoms with E-state index in [1.807, 2.05) is 53.7 Å². The van der Waals surface area contributed by atoms with Crippen molar-refractivity contribution in [1.82, 2.24) is 29.9 Å². The average molecular weight is 1180 g/mol. The quantitative estimate of drug-likeness (QED) is 0.0786. The molecule has 81 heavy (non-hydrogen) atoms. The summed E-state index contributed by atoms with van der Waals surface area (Å²) in [7, 11) is 0. The highest BCUT2D eigenvalue weighted by Crippen LogP contribution is 2.39. The predicted molar refractivity (Wildman–Crippen MR) is 307 cm³/mol. The van der Waals surface area contributed by atoms with Gasteiger partial charge < -0.3 is 62.1 Å². The molecule has 3 saturated heterocycles. The van der Waals surface area contributed by atoms with Crippen molar-refractivity contribution in [2.75, 3.05) is 107 Å². The monoisotopic (exact) mass is 1180 g/mol. The van der Waals surface area contributed by atoms with E-state index in [1.165, 1.54) is 39.0 Å². The number of nitrogen functional groups attached to an aromatic ring is 3. The van der Waals surface area contributed by atoms with Crippen molar-refractivity contribution in [1.29, 1.82) is 0 Å². The molecule has 3 fully saturated rings. The van der Waals surface area contributed by atoms with Crippen LogP contribution in [0.5, 0.6) is 0 Å². The molecular formula is C54H63Cl3F3N15O6. The highest BCUT2D eigenvalue weighted by atomic mass is 35.5. The molecule has 3 atom stereocenters. The van der Waals surface area contributed by atoms with Crippen LogP contribution in [0.3, 0.4) is 0 Å². The summed E-state index contributed by atoms with van der Waals surface area (Å²) in [6.07, 6.45) is 2.37. The summed E-state index contributed by atoms with van der Waals surface area (Å²) >= 11 is 19.0. The van der Waals surface area contributed by atoms with E-state index in [4.69, 9.17) is 66.2 Å². The Hall–Kier alpha value is -7.35. The number of ether oxygens (including phenoxy) is 3. The third-order valence-electron chi connectivity index (χ3n) is 12.7. The van der Waals surface area contributed by atoms with Gasteiger partial charge in [-0.05, 0) is 93.1 Å². The number of nitrogens with two attached hydrogens (primary N) is 3. The van der Waals surface area contributed by atoms with Crippen LogP contribution in [0.1, 0.15) is 91.9 Å². The average Bonchev–Trinajstić information content (AvgIpc) is 3.92. The van der Waals surface area contributed by atoms with Crippen molar-refractivity contribution in [2.24, 2.45) is 0 Å². The number of benzene rings is 3. The Morgan fingerprint density at radius 2 is 0.728 bits per heavy atom. The van der Waals surface area contributed by atoms with Crippen LogP contribution < -0.4 is 47.9 Å². The number of amides is 3. The van der Waals surface area contributed by atoms with Crippen molar-refractivity contribution in [2.45, 2.75) is 78.9 Å². The first-order chi connectivity index (χ1) is 38.5. The molecule has 0 radical (unpaired) electrons. The molecule has 9 N–H and O–H groups in total. The molecule has 27 heteroatoms. The number of hydrogen-bond acceptors (Lipinski definition) is 18. The first-order valence-corrected chi connectivity index (χ1v) is 26.8. The zero-order chi connectivity index (χ0) is 58.7. The van der Waals surface area contributed by atoms with Crippen molar-refractivity contribution in [3.8, 4) is 0 Å². The van der Waals surface area contributed by atoms with Crippen LogP contribution in [0.25, 0.3) is 0 Å². The second-order valence-electron chi connectivity index (χ2n) is 19.2. The lowest BCUT2D eigenvalue weighted by Gasteiger charge is -2.31. The van der Waals surface area contributed by atoms with Gasteiger partial charge in [0.1, 0.15) is 34.9 Å². The number of nitrogens with one attached hydrogen (secondary N) is 3. The normalized spacial score (nSPS) is 17.5. The first-order valence-electron chi connectivity index (χ1n) is 25.7. The second-order valence-corrected chi connectivity index (χ2v) is 20.4. The zero-order valence-electron chi connectivity index (χ0n) is 45.4. The van der Waals surface area contributed by atoms with Crippen LogP contribution in [0.15, 0.2) is 54.6 Å². The van der Waals surface area contributed by atoms with Gasteiger partial charge in [-0.2, -0.15) is 15.0 Å². The Bertz CT molecular complexity index is 2870. The van der Waals surface area contributed by atoms with Gasteiger partial charge in [-0.1, -0.05) is 34.8 Å². The number of carbonyl (C=O) groups is 3. The molecule has 432 valence electrons. The van der Waals surface area contributed by atoms with Gasteiger partial charge in [0.2, 0.25) is 35.6 Å². The molecule has 3 aliphatic heterocycles. The van der Waals surface area contributed by atoms with E-state index in [0.29, 0.717) is 93.4 Å². The van der Waals surface area contributed by atoms with E-state index >= 15 is 0 Å². The maximum Gasteiger partial charge on any atom is 0.222 e. The van der Waals surface area contributed by atoms with Gasteiger partial charge in [0, 0.05) is 111 Å². The Labute approximate surface area is 481 Å². The van der Waals surface area contributed by atoms with Gasteiger partial charge >= 0.3 is 0 Å². The summed E-state index contributed by atoms with van der Waals surface area (Å²) in [4.78, 5) is 65.6. The number of anilines is 9. The smallest absolute Gasteiger partial charge is 0.222 e. The lowest BCUT2D eigenvalue weighted by atomic mass is 10.0. The first kappa shape index (κ1) is 61.3. The summed E-state index contributed by atoms with van der Waals surface area (Å²) in [5.41, 5.74) is 21.8. The maximum atomic E-state index is 14.2. The van der Waals surface area contributed by atoms with E-state index in [2.05, 4.69) is 45.9 Å². The largest absolute Gasteiger partial charge is 0.379 e. The molecule has 1 unspecified atom stereocenters. The highest BCUT2D eigenvalue weighted by molar-refractivity contribution is 6.32. The van der Waals surface area contributed by atoms with Gasteiger partial charge in [0.15, 0.2) is 0 Å². The van der Waals surface area contributed by atoms with E-state index in [1.54, 1.807) is 18.2 Å². The minimum atomic E-state index is -0.595. The number of aryl methyl sites for hydroxylation is 3. The summed E-state index contributed by atoms with van der Waals surface area (Å²) in [5.74, 6) is -0.396. The number of halogens is 6. The molecule has 9 rings (SSSR count). The number of nitrogens with zero attached hydrogens (tertiary/aromatic N) is 9. The van der Waals surface area contributed by atoms with Crippen LogP contribution >= 0.6 is 34.8 Å². The summed E-state index contributed by atoms with van der Waals surface area (Å²) in [5, 5.41) is 8.22. The number of hydrogen-bond donors (Lipinski definition) is 6. The van der Waals surface area contributed by atoms with Gasteiger partial charge in [-0.3, -0.25) is 14.4 Å². The lowest BCUT2D eigenvalue weighted by molar-refractivity contribution is -0.115. The SMILES string of the molecule is CC(=O)Nc1cc(C2COCCCN2c2cc(C)nc(N)n2)c(Cl)cc1F.CC(=O)Nc1cc([C@@H]2COCCCN2c2cc(C)nc(N)n2)c(Cl)cc1F.CC(=O)Nc1cc([C@H]2COCCCN2c2cc(C)nc(N)n2)c(Cl)cc1F. The van der Waals surface area contributed by atoms with Crippen molar-refractivity contribution in [3.63, 3.8) is 0 Å². The summed E-state index contributed by atoms with van der Waals surface area (Å²) in [6.45, 7) is 14.2. The van der Waals surface area contributed by atoms with E-state index < -0.39 is 17.5 Å². The van der Waals surface area contributed by atoms with Crippen LogP contribution in [0.4, 0.5) is 65.5 Å². The van der Waals surface area contributed by atoms with Gasteiger partial charge in [0.05, 0.1) is 55.0 Å². The minimum Gasteiger partial charge on any atom is -0.379 e. The molecule has 0 saturated carbocycles. The molecule has 21 nitrogen and oxygen atoms in total. The van der Waals surface area contributed by atoms with E-state index in [9.17, 15) is 27.6 Å². The van der Waals surface area contributed by atoms with Crippen LogP contribution in [-0.4, -0.2) is 107 Å². The molecule has 0 bridgehead atoms. The second kappa shape index (κ2) is 27.9. The van der Waals surface area contributed by atoms with Gasteiger partial charge in [-0.25, -0.2) is 28.1 Å². The zero-order valence-corrected chi connectivity index (χ0v) is 47.7. The van der Waals surface area contributed by atoms with Gasteiger partial charge in [-0.15, -0.1) is 0 Å². The molecule has 3 amide bonds. The molecule has 0 aliphatic carbocycles. The highest BCUT2D eigenvalue weighted by Gasteiger charge is 2.31. The maximum absolute atomic E-state index is 14.2. The summed E-state index contributed by atoms with van der Waals surface area (Å²) in [6, 6.07) is 12.8. The molecular weight excluding hydrogens is 1120 g/mol. The third-order valence-corrected chi connectivity index (χ3v) is 13.7. The minimum absolute atomic E-state index is 0.0736. The fraction of sp³-hybridized carbons (Fsp3) is 0.389. The lowest BCUT2D eigenvalue weighted by Crippen LogP contribution is -2.32. The fourth-order valence-electron chi connectivity index (χ4n) is 9.41. The van der Waals surface area contributed by atoms with E-state index in [-0.39, 0.29) is 85.8 Å². The van der Waals surface area contributed by atoms with Crippen molar-refractivity contribution in [3.05, 3.63) is 121 Å². The topological polar surface area (TPSA) is 280 Å². The van der Waals surface area contributed by atoms with E-state index in [0.717, 1.165) is 36.3 Å². The van der Waals surface area contributed by atoms with Gasteiger partial charge in [0.25, 0.3) is 0 Å². The van der Waals surface area contributed by atoms with Crippen molar-refractivity contribution >= 4 is 105 Å². The number of carbonyl (C=O) groups excluding carboxylic acids is 3. The number of aromatic nitrogens is 6. The standard InChI is InChI=1S/3C18H21ClFN5O2/c3*1-10-6-17(24-18(21)22-10)25-4-3-5-27-9-16(25)12-7-15(23-11(2)26)14(20)8-13(12)19/h3*6-8,16H,3-5,9H2,1-2H3,(H,23,26)(H2,21,22,24)/t2*16-;/m10./s1. The molecule has 3 aliphatic rings. The summed E-state index contributed by atoms with van der Waals surface area (Å²) < 4.78 is 59.7. The molecule has 3 aromatic carbocycles. The third kappa shape index (κ3) is 16.4. The van der Waals surface area contributed by atoms with Crippen LogP contribution in [-0.2, 0) is 28.6 Å².